The van der Waals surface area contributed by atoms with E-state index in [0.717, 1.165) is 56.9 Å². The number of benzene rings is 1. The van der Waals surface area contributed by atoms with Gasteiger partial charge in [0, 0.05) is 44.7 Å². The summed E-state index contributed by atoms with van der Waals surface area (Å²) in [6.07, 6.45) is 3.48. The van der Waals surface area contributed by atoms with Crippen molar-refractivity contribution in [3.8, 4) is 0 Å². The first-order valence-corrected chi connectivity index (χ1v) is 13.6. The number of aryl methyl sites for hydroxylation is 1. The standard InChI is InChI=1S/C28H32F3N5O3/c29-28(30,31)20-4-1-5-21-27(20)35-25(33-21)13-26(37)34-22-15-36(18-3-2-11-38-12-9-18)16-24(22)39-23-7-6-17-14-32-10-8-19(17)23/h1,4-5,8,10,14,18,22-24H,2-3,6-7,9,11-13,15-16H2,(H,33,35)(H,34,37)/t18?,22?,23?,24-/m0/s1. The summed E-state index contributed by atoms with van der Waals surface area (Å²) in [5.41, 5.74) is 1.61. The predicted molar refractivity (Wildman–Crippen MR) is 137 cm³/mol. The first-order valence-electron chi connectivity index (χ1n) is 13.6. The van der Waals surface area contributed by atoms with Crippen molar-refractivity contribution in [3.05, 3.63) is 59.2 Å². The van der Waals surface area contributed by atoms with E-state index in [9.17, 15) is 18.0 Å². The number of imidazole rings is 1. The normalized spacial score (nSPS) is 26.0. The van der Waals surface area contributed by atoms with E-state index in [1.807, 2.05) is 12.3 Å². The van der Waals surface area contributed by atoms with Gasteiger partial charge >= 0.3 is 6.18 Å². The molecule has 2 fully saturated rings. The van der Waals surface area contributed by atoms with E-state index >= 15 is 0 Å². The number of pyridine rings is 1. The molecule has 3 aromatic rings. The molecular weight excluding hydrogens is 511 g/mol. The van der Waals surface area contributed by atoms with E-state index in [4.69, 9.17) is 9.47 Å². The minimum Gasteiger partial charge on any atom is -0.381 e. The van der Waals surface area contributed by atoms with Gasteiger partial charge in [0.1, 0.15) is 11.3 Å². The Labute approximate surface area is 224 Å². The molecule has 2 N–H and O–H groups in total. The van der Waals surface area contributed by atoms with Gasteiger partial charge in [0.15, 0.2) is 0 Å². The number of aromatic amines is 1. The van der Waals surface area contributed by atoms with Crippen molar-refractivity contribution in [2.24, 2.45) is 0 Å². The number of hydrogen-bond donors (Lipinski definition) is 2. The van der Waals surface area contributed by atoms with Crippen LogP contribution >= 0.6 is 0 Å². The Morgan fingerprint density at radius 1 is 1.18 bits per heavy atom. The Morgan fingerprint density at radius 3 is 2.95 bits per heavy atom. The van der Waals surface area contributed by atoms with Crippen molar-refractivity contribution >= 4 is 16.9 Å². The molecule has 0 saturated carbocycles. The molecule has 8 nitrogen and oxygen atoms in total. The number of aromatic nitrogens is 3. The number of amides is 1. The van der Waals surface area contributed by atoms with Crippen molar-refractivity contribution < 1.29 is 27.4 Å². The average Bonchev–Trinajstić information content (AvgIpc) is 3.54. The maximum absolute atomic E-state index is 13.4. The van der Waals surface area contributed by atoms with Gasteiger partial charge in [0.2, 0.25) is 5.91 Å². The van der Waals surface area contributed by atoms with Crippen molar-refractivity contribution in [1.82, 2.24) is 25.2 Å². The minimum absolute atomic E-state index is 0.0546. The Bertz CT molecular complexity index is 1320. The lowest BCUT2D eigenvalue weighted by molar-refractivity contribution is -0.136. The van der Waals surface area contributed by atoms with Gasteiger partial charge in [-0.3, -0.25) is 14.7 Å². The quantitative estimate of drug-likeness (QED) is 0.489. The number of para-hydroxylation sites is 1. The number of carbonyl (C=O) groups is 1. The predicted octanol–water partition coefficient (Wildman–Crippen LogP) is 3.96. The van der Waals surface area contributed by atoms with Gasteiger partial charge in [-0.2, -0.15) is 13.2 Å². The van der Waals surface area contributed by atoms with Crippen LogP contribution in [0, 0.1) is 0 Å². The number of nitrogens with zero attached hydrogens (tertiary/aromatic N) is 3. The number of alkyl halides is 3. The molecule has 208 valence electrons. The molecule has 4 heterocycles. The highest BCUT2D eigenvalue weighted by molar-refractivity contribution is 5.82. The molecule has 2 aliphatic heterocycles. The molecule has 39 heavy (non-hydrogen) atoms. The van der Waals surface area contributed by atoms with Crippen LogP contribution in [0.1, 0.15) is 54.3 Å². The summed E-state index contributed by atoms with van der Waals surface area (Å²) in [4.78, 5) is 26.8. The first-order chi connectivity index (χ1) is 18.8. The second-order valence-electron chi connectivity index (χ2n) is 10.7. The van der Waals surface area contributed by atoms with Gasteiger partial charge in [-0.1, -0.05) is 6.07 Å². The van der Waals surface area contributed by atoms with Gasteiger partial charge in [-0.25, -0.2) is 4.98 Å². The summed E-state index contributed by atoms with van der Waals surface area (Å²) in [5, 5.41) is 3.12. The zero-order valence-electron chi connectivity index (χ0n) is 21.5. The van der Waals surface area contributed by atoms with Crippen LogP contribution in [0.4, 0.5) is 13.2 Å². The largest absolute Gasteiger partial charge is 0.418 e. The lowest BCUT2D eigenvalue weighted by atomic mass is 10.1. The molecule has 2 saturated heterocycles. The van der Waals surface area contributed by atoms with E-state index in [2.05, 4.69) is 25.2 Å². The molecule has 0 spiro atoms. The van der Waals surface area contributed by atoms with Gasteiger partial charge in [0.25, 0.3) is 0 Å². The van der Waals surface area contributed by atoms with E-state index in [0.29, 0.717) is 19.1 Å². The third-order valence-corrected chi connectivity index (χ3v) is 8.08. The van der Waals surface area contributed by atoms with Gasteiger partial charge < -0.3 is 19.8 Å². The average molecular weight is 544 g/mol. The zero-order chi connectivity index (χ0) is 27.0. The van der Waals surface area contributed by atoms with Crippen LogP contribution < -0.4 is 5.32 Å². The smallest absolute Gasteiger partial charge is 0.381 e. The van der Waals surface area contributed by atoms with E-state index in [1.54, 1.807) is 6.20 Å². The fourth-order valence-corrected chi connectivity index (χ4v) is 6.19. The third-order valence-electron chi connectivity index (χ3n) is 8.08. The molecule has 4 atom stereocenters. The zero-order valence-corrected chi connectivity index (χ0v) is 21.5. The SMILES string of the molecule is O=C(Cc1nc2c(C(F)(F)F)cccc2[nH]1)NC1CN(C2CCCOCC2)C[C@@H]1OC1CCc2cnccc21. The van der Waals surface area contributed by atoms with Crippen molar-refractivity contribution in [1.29, 1.82) is 0 Å². The summed E-state index contributed by atoms with van der Waals surface area (Å²) in [6, 6.07) is 5.98. The molecule has 1 amide bonds. The maximum Gasteiger partial charge on any atom is 0.418 e. The van der Waals surface area contributed by atoms with Gasteiger partial charge in [0.05, 0.1) is 35.8 Å². The molecule has 2 aromatic heterocycles. The summed E-state index contributed by atoms with van der Waals surface area (Å²) in [6.45, 7) is 2.84. The van der Waals surface area contributed by atoms with Gasteiger partial charge in [-0.05, 0) is 61.4 Å². The highest BCUT2D eigenvalue weighted by Crippen LogP contribution is 2.36. The highest BCUT2D eigenvalue weighted by atomic mass is 19.4. The summed E-state index contributed by atoms with van der Waals surface area (Å²) in [7, 11) is 0. The number of H-pyrrole nitrogens is 1. The Kier molecular flexibility index (Phi) is 7.30. The number of fused-ring (bicyclic) bond motifs is 2. The fraction of sp³-hybridized carbons (Fsp3) is 0.536. The number of hydrogen-bond acceptors (Lipinski definition) is 6. The van der Waals surface area contributed by atoms with Crippen LogP contribution in [-0.4, -0.2) is 70.2 Å². The van der Waals surface area contributed by atoms with E-state index in [1.165, 1.54) is 17.7 Å². The molecule has 1 aliphatic carbocycles. The lowest BCUT2D eigenvalue weighted by Crippen LogP contribution is -2.45. The molecular formula is C28H32F3N5O3. The van der Waals surface area contributed by atoms with Crippen LogP contribution in [0.25, 0.3) is 11.0 Å². The number of halogens is 3. The molecule has 1 aromatic carbocycles. The molecule has 0 bridgehead atoms. The second-order valence-corrected chi connectivity index (χ2v) is 10.7. The van der Waals surface area contributed by atoms with Crippen LogP contribution in [-0.2, 0) is 33.3 Å². The summed E-state index contributed by atoms with van der Waals surface area (Å²) >= 11 is 0. The molecule has 6 rings (SSSR count). The fourth-order valence-electron chi connectivity index (χ4n) is 6.19. The van der Waals surface area contributed by atoms with Crippen LogP contribution in [0.15, 0.2) is 36.7 Å². The second kappa shape index (κ2) is 10.9. The monoisotopic (exact) mass is 543 g/mol. The Hall–Kier alpha value is -3.02. The number of nitrogens with one attached hydrogen (secondary N) is 2. The van der Waals surface area contributed by atoms with Crippen molar-refractivity contribution in [2.45, 2.75) is 69.0 Å². The van der Waals surface area contributed by atoms with Gasteiger partial charge in [-0.15, -0.1) is 0 Å². The summed E-state index contributed by atoms with van der Waals surface area (Å²) < 4.78 is 52.6. The van der Waals surface area contributed by atoms with Crippen molar-refractivity contribution in [3.63, 3.8) is 0 Å². The van der Waals surface area contributed by atoms with Crippen LogP contribution in [0.2, 0.25) is 0 Å². The lowest BCUT2D eigenvalue weighted by Gasteiger charge is -2.26. The molecule has 11 heteroatoms. The third kappa shape index (κ3) is 5.66. The molecule has 0 radical (unpaired) electrons. The number of rotatable bonds is 6. The Morgan fingerprint density at radius 2 is 2.08 bits per heavy atom. The van der Waals surface area contributed by atoms with Crippen LogP contribution in [0.5, 0.6) is 0 Å². The Balaban J connectivity index is 1.17. The number of ether oxygens (including phenoxy) is 2. The highest BCUT2D eigenvalue weighted by Gasteiger charge is 2.40. The van der Waals surface area contributed by atoms with E-state index in [-0.39, 0.29) is 47.4 Å². The van der Waals surface area contributed by atoms with E-state index < -0.39 is 11.7 Å². The van der Waals surface area contributed by atoms with Crippen LogP contribution in [0.3, 0.4) is 0 Å². The molecule has 3 unspecified atom stereocenters. The molecule has 3 aliphatic rings. The topological polar surface area (TPSA) is 92.4 Å². The minimum atomic E-state index is -4.52. The maximum atomic E-state index is 13.4. The van der Waals surface area contributed by atoms with Crippen molar-refractivity contribution in [2.75, 3.05) is 26.3 Å². The number of carbonyl (C=O) groups excluding carboxylic acids is 1. The first kappa shape index (κ1) is 26.2. The number of likely N-dealkylation sites (tertiary alicyclic amines) is 1. The summed E-state index contributed by atoms with van der Waals surface area (Å²) in [5.74, 6) is -0.104.